The van der Waals surface area contributed by atoms with Crippen LogP contribution in [0.2, 0.25) is 0 Å². The second-order valence-corrected chi connectivity index (χ2v) is 4.06. The van der Waals surface area contributed by atoms with Crippen molar-refractivity contribution in [3.63, 3.8) is 0 Å². The Balaban J connectivity index is 2.54. The summed E-state index contributed by atoms with van der Waals surface area (Å²) in [4.78, 5) is 11.5. The highest BCUT2D eigenvalue weighted by Crippen LogP contribution is 2.46. The van der Waals surface area contributed by atoms with Gasteiger partial charge in [-0.15, -0.1) is 0 Å². The molecule has 1 aromatic rings. The molecule has 0 atom stereocenters. The molecule has 1 saturated carbocycles. The molecular weight excluding hydrogens is 227 g/mol. The Labute approximate surface area is 98.0 Å². The molecule has 1 fully saturated rings. The third-order valence-electron chi connectivity index (χ3n) is 2.91. The highest BCUT2D eigenvalue weighted by atomic mass is 19.1. The highest BCUT2D eigenvalue weighted by molar-refractivity contribution is 5.92. The predicted molar refractivity (Wildman–Crippen MR) is 57.4 cm³/mol. The maximum absolute atomic E-state index is 13.7. The van der Waals surface area contributed by atoms with Gasteiger partial charge in [0.05, 0.1) is 19.8 Å². The average Bonchev–Trinajstić information content (AvgIpc) is 3.06. The van der Waals surface area contributed by atoms with Gasteiger partial charge in [0.25, 0.3) is 0 Å². The van der Waals surface area contributed by atoms with E-state index in [-0.39, 0.29) is 11.3 Å². The van der Waals surface area contributed by atoms with E-state index in [1.54, 1.807) is 0 Å². The van der Waals surface area contributed by atoms with Gasteiger partial charge in [0.15, 0.2) is 11.6 Å². The molecule has 0 heterocycles. The Kier molecular flexibility index (Phi) is 2.79. The van der Waals surface area contributed by atoms with Crippen LogP contribution in [0.25, 0.3) is 0 Å². The van der Waals surface area contributed by atoms with E-state index in [1.165, 1.54) is 26.4 Å². The summed E-state index contributed by atoms with van der Waals surface area (Å²) >= 11 is 0. The Morgan fingerprint density at radius 1 is 1.41 bits per heavy atom. The second kappa shape index (κ2) is 4.00. The number of carbonyl (C=O) groups excluding carboxylic acids is 1. The number of esters is 1. The molecular formula is C12H13FO4. The van der Waals surface area contributed by atoms with Gasteiger partial charge in [-0.3, -0.25) is 0 Å². The van der Waals surface area contributed by atoms with E-state index in [4.69, 9.17) is 4.74 Å². The minimum absolute atomic E-state index is 0.00896. The molecule has 1 aliphatic carbocycles. The van der Waals surface area contributed by atoms with Crippen molar-refractivity contribution in [1.29, 1.82) is 0 Å². The Morgan fingerprint density at radius 3 is 2.53 bits per heavy atom. The lowest BCUT2D eigenvalue weighted by Gasteiger charge is -2.13. The summed E-state index contributed by atoms with van der Waals surface area (Å²) in [5.74, 6) is -1.53. The number of benzene rings is 1. The van der Waals surface area contributed by atoms with Crippen molar-refractivity contribution in [2.75, 3.05) is 14.2 Å². The number of rotatable bonds is 3. The van der Waals surface area contributed by atoms with Crippen LogP contribution in [0.4, 0.5) is 4.39 Å². The average molecular weight is 240 g/mol. The first kappa shape index (κ1) is 11.9. The number of hydrogen-bond donors (Lipinski definition) is 1. The molecule has 1 aromatic carbocycles. The summed E-state index contributed by atoms with van der Waals surface area (Å²) in [7, 11) is 2.48. The zero-order valence-corrected chi connectivity index (χ0v) is 9.62. The molecule has 2 rings (SSSR count). The standard InChI is InChI=1S/C12H13FO4/c1-16-10-8(11(14)17-2)5-7(6-9(10)13)12(15)3-4-12/h5-6,15H,3-4H2,1-2H3. The van der Waals surface area contributed by atoms with Crippen LogP contribution in [0.15, 0.2) is 12.1 Å². The van der Waals surface area contributed by atoms with E-state index in [0.717, 1.165) is 0 Å². The molecule has 5 heteroatoms. The van der Waals surface area contributed by atoms with Gasteiger partial charge in [-0.2, -0.15) is 0 Å². The van der Waals surface area contributed by atoms with Gasteiger partial charge in [0, 0.05) is 0 Å². The SMILES string of the molecule is COC(=O)c1cc(C2(O)CC2)cc(F)c1OC. The molecule has 4 nitrogen and oxygen atoms in total. The number of hydrogen-bond acceptors (Lipinski definition) is 4. The molecule has 1 N–H and O–H groups in total. The van der Waals surface area contributed by atoms with Crippen LogP contribution < -0.4 is 4.74 Å². The summed E-state index contributed by atoms with van der Waals surface area (Å²) < 4.78 is 23.1. The van der Waals surface area contributed by atoms with E-state index in [9.17, 15) is 14.3 Å². The molecule has 0 unspecified atom stereocenters. The molecule has 17 heavy (non-hydrogen) atoms. The van der Waals surface area contributed by atoms with Gasteiger partial charge in [0.2, 0.25) is 0 Å². The number of methoxy groups -OCH3 is 2. The van der Waals surface area contributed by atoms with Crippen LogP contribution in [0.5, 0.6) is 5.75 Å². The third-order valence-corrected chi connectivity index (χ3v) is 2.91. The van der Waals surface area contributed by atoms with Crippen molar-refractivity contribution in [3.05, 3.63) is 29.1 Å². The quantitative estimate of drug-likeness (QED) is 0.815. The predicted octanol–water partition coefficient (Wildman–Crippen LogP) is 1.60. The molecule has 0 spiro atoms. The lowest BCUT2D eigenvalue weighted by atomic mass is 10.0. The smallest absolute Gasteiger partial charge is 0.341 e. The number of ether oxygens (including phenoxy) is 2. The molecule has 0 aliphatic heterocycles. The van der Waals surface area contributed by atoms with E-state index in [0.29, 0.717) is 18.4 Å². The van der Waals surface area contributed by atoms with Crippen LogP contribution in [-0.4, -0.2) is 25.3 Å². The van der Waals surface area contributed by atoms with Gasteiger partial charge in [-0.05, 0) is 30.5 Å². The fraction of sp³-hybridized carbons (Fsp3) is 0.417. The summed E-state index contributed by atoms with van der Waals surface area (Å²) in [6.45, 7) is 0. The number of carbonyl (C=O) groups is 1. The third kappa shape index (κ3) is 1.98. The summed E-state index contributed by atoms with van der Waals surface area (Å²) in [6.07, 6.45) is 1.14. The fourth-order valence-electron chi connectivity index (χ4n) is 1.74. The van der Waals surface area contributed by atoms with Crippen LogP contribution in [-0.2, 0) is 10.3 Å². The van der Waals surface area contributed by atoms with Crippen molar-refractivity contribution >= 4 is 5.97 Å². The van der Waals surface area contributed by atoms with Crippen LogP contribution in [0.3, 0.4) is 0 Å². The van der Waals surface area contributed by atoms with Gasteiger partial charge >= 0.3 is 5.97 Å². The highest BCUT2D eigenvalue weighted by Gasteiger charge is 2.43. The summed E-state index contributed by atoms with van der Waals surface area (Å²) in [6, 6.07) is 2.61. The van der Waals surface area contributed by atoms with Gasteiger partial charge < -0.3 is 14.6 Å². The van der Waals surface area contributed by atoms with Crippen molar-refractivity contribution < 1.29 is 23.8 Å². The maximum Gasteiger partial charge on any atom is 0.341 e. The summed E-state index contributed by atoms with van der Waals surface area (Å²) in [5, 5.41) is 9.91. The lowest BCUT2D eigenvalue weighted by Crippen LogP contribution is -2.11. The lowest BCUT2D eigenvalue weighted by molar-refractivity contribution is 0.0595. The van der Waals surface area contributed by atoms with Crippen LogP contribution >= 0.6 is 0 Å². The maximum atomic E-state index is 13.7. The first-order chi connectivity index (χ1) is 8.01. The van der Waals surface area contributed by atoms with Gasteiger partial charge in [0.1, 0.15) is 5.56 Å². The normalized spacial score (nSPS) is 16.5. The van der Waals surface area contributed by atoms with Crippen molar-refractivity contribution in [2.24, 2.45) is 0 Å². The van der Waals surface area contributed by atoms with Crippen molar-refractivity contribution in [1.82, 2.24) is 0 Å². The number of halogens is 1. The van der Waals surface area contributed by atoms with Crippen molar-refractivity contribution in [3.8, 4) is 5.75 Å². The van der Waals surface area contributed by atoms with E-state index in [2.05, 4.69) is 4.74 Å². The minimum Gasteiger partial charge on any atom is -0.493 e. The van der Waals surface area contributed by atoms with E-state index < -0.39 is 17.4 Å². The van der Waals surface area contributed by atoms with E-state index in [1.807, 2.05) is 0 Å². The molecule has 0 bridgehead atoms. The van der Waals surface area contributed by atoms with E-state index >= 15 is 0 Å². The zero-order chi connectivity index (χ0) is 12.6. The summed E-state index contributed by atoms with van der Waals surface area (Å²) in [5.41, 5.74) is -0.628. The van der Waals surface area contributed by atoms with Crippen LogP contribution in [0.1, 0.15) is 28.8 Å². The second-order valence-electron chi connectivity index (χ2n) is 4.06. The minimum atomic E-state index is -1.00. The molecule has 1 aliphatic rings. The first-order valence-electron chi connectivity index (χ1n) is 5.20. The first-order valence-corrected chi connectivity index (χ1v) is 5.20. The fourth-order valence-corrected chi connectivity index (χ4v) is 1.74. The molecule has 0 saturated heterocycles. The molecule has 92 valence electrons. The monoisotopic (exact) mass is 240 g/mol. The van der Waals surface area contributed by atoms with Gasteiger partial charge in [-0.25, -0.2) is 9.18 Å². The van der Waals surface area contributed by atoms with Gasteiger partial charge in [-0.1, -0.05) is 0 Å². The Morgan fingerprint density at radius 2 is 2.06 bits per heavy atom. The molecule has 0 radical (unpaired) electrons. The molecule has 0 amide bonds. The largest absolute Gasteiger partial charge is 0.493 e. The Hall–Kier alpha value is -1.62. The van der Waals surface area contributed by atoms with Crippen molar-refractivity contribution in [2.45, 2.75) is 18.4 Å². The molecule has 0 aromatic heterocycles. The van der Waals surface area contributed by atoms with Crippen LogP contribution in [0, 0.1) is 5.82 Å². The zero-order valence-electron chi connectivity index (χ0n) is 9.62. The Bertz CT molecular complexity index is 466. The topological polar surface area (TPSA) is 55.8 Å². The number of aliphatic hydroxyl groups is 1.